The Morgan fingerprint density at radius 1 is 1.04 bits per heavy atom. The number of phenolic OH excluding ortho intramolecular Hbond substituents is 1. The molecule has 2 rings (SSSR count). The van der Waals surface area contributed by atoms with Gasteiger partial charge in [-0.2, -0.15) is 0 Å². The molecule has 25 heavy (non-hydrogen) atoms. The number of rotatable bonds is 7. The van der Waals surface area contributed by atoms with Crippen LogP contribution < -0.4 is 14.2 Å². The number of ether oxygens (including phenoxy) is 3. The largest absolute Gasteiger partial charge is 0.507 e. The molecule has 0 aromatic heterocycles. The maximum atomic E-state index is 12.5. The smallest absolute Gasteiger partial charge is 0.203 e. The van der Waals surface area contributed by atoms with E-state index in [4.69, 9.17) is 14.2 Å². The zero-order chi connectivity index (χ0) is 18.4. The van der Waals surface area contributed by atoms with Crippen molar-refractivity contribution in [2.75, 3.05) is 21.3 Å². The predicted octanol–water partition coefficient (Wildman–Crippen LogP) is 3.88. The lowest BCUT2D eigenvalue weighted by atomic mass is 10.1. The summed E-state index contributed by atoms with van der Waals surface area (Å²) in [7, 11) is 4.49. The number of ketones is 1. The van der Waals surface area contributed by atoms with Crippen LogP contribution in [0.4, 0.5) is 0 Å². The van der Waals surface area contributed by atoms with Crippen LogP contribution in [0.15, 0.2) is 36.4 Å². The molecule has 132 valence electrons. The second kappa shape index (κ2) is 8.24. The fourth-order valence-electron chi connectivity index (χ4n) is 2.44. The van der Waals surface area contributed by atoms with Crippen molar-refractivity contribution in [3.05, 3.63) is 53.1 Å². The molecule has 0 fully saturated rings. The number of phenols is 1. The van der Waals surface area contributed by atoms with Crippen LogP contribution >= 0.6 is 0 Å². The van der Waals surface area contributed by atoms with Crippen molar-refractivity contribution in [2.45, 2.75) is 13.3 Å². The van der Waals surface area contributed by atoms with E-state index in [2.05, 4.69) is 0 Å². The number of hydrogen-bond acceptors (Lipinski definition) is 5. The van der Waals surface area contributed by atoms with Gasteiger partial charge in [0.2, 0.25) is 5.75 Å². The standard InChI is InChI=1S/C20H22O5/c1-5-13-6-7-14(17(22)10-13)8-9-16(21)15-11-18(23-2)20(25-4)19(12-15)24-3/h6-12,22H,5H2,1-4H3. The number of methoxy groups -OCH3 is 3. The van der Waals surface area contributed by atoms with Crippen LogP contribution in [0.2, 0.25) is 0 Å². The third-order valence-electron chi connectivity index (χ3n) is 3.87. The van der Waals surface area contributed by atoms with E-state index >= 15 is 0 Å². The van der Waals surface area contributed by atoms with Crippen LogP contribution in [0, 0.1) is 0 Å². The van der Waals surface area contributed by atoms with Crippen LogP contribution in [-0.2, 0) is 6.42 Å². The number of hydrogen-bond donors (Lipinski definition) is 1. The van der Waals surface area contributed by atoms with E-state index in [0.29, 0.717) is 28.4 Å². The Bertz CT molecular complexity index is 768. The Morgan fingerprint density at radius 2 is 1.68 bits per heavy atom. The van der Waals surface area contributed by atoms with Crippen molar-refractivity contribution in [2.24, 2.45) is 0 Å². The zero-order valence-electron chi connectivity index (χ0n) is 14.8. The SMILES string of the molecule is CCc1ccc(C=CC(=O)c2cc(OC)c(OC)c(OC)c2)c(O)c1. The molecule has 0 bridgehead atoms. The average molecular weight is 342 g/mol. The third-order valence-corrected chi connectivity index (χ3v) is 3.87. The van der Waals surface area contributed by atoms with E-state index in [1.54, 1.807) is 30.3 Å². The molecule has 0 amide bonds. The number of aryl methyl sites for hydroxylation is 1. The summed E-state index contributed by atoms with van der Waals surface area (Å²) in [6, 6.07) is 8.59. The van der Waals surface area contributed by atoms with Crippen molar-refractivity contribution in [3.8, 4) is 23.0 Å². The molecule has 0 radical (unpaired) electrons. The molecular weight excluding hydrogens is 320 g/mol. The van der Waals surface area contributed by atoms with Gasteiger partial charge in [-0.1, -0.05) is 19.1 Å². The molecule has 0 spiro atoms. The van der Waals surface area contributed by atoms with Gasteiger partial charge >= 0.3 is 0 Å². The van der Waals surface area contributed by atoms with Gasteiger partial charge in [0.05, 0.1) is 21.3 Å². The summed E-state index contributed by atoms with van der Waals surface area (Å²) < 4.78 is 15.8. The first-order valence-electron chi connectivity index (χ1n) is 7.88. The average Bonchev–Trinajstić information content (AvgIpc) is 2.65. The van der Waals surface area contributed by atoms with Crippen molar-refractivity contribution in [1.82, 2.24) is 0 Å². The normalized spacial score (nSPS) is 10.7. The second-order valence-corrected chi connectivity index (χ2v) is 5.36. The Hall–Kier alpha value is -2.95. The topological polar surface area (TPSA) is 65.0 Å². The monoisotopic (exact) mass is 342 g/mol. The summed E-state index contributed by atoms with van der Waals surface area (Å²) in [6.45, 7) is 2.01. The Labute approximate surface area is 147 Å². The van der Waals surface area contributed by atoms with Gasteiger partial charge < -0.3 is 19.3 Å². The zero-order valence-corrected chi connectivity index (χ0v) is 14.8. The number of allylic oxidation sites excluding steroid dienone is 1. The maximum Gasteiger partial charge on any atom is 0.203 e. The second-order valence-electron chi connectivity index (χ2n) is 5.36. The van der Waals surface area contributed by atoms with Gasteiger partial charge in [-0.25, -0.2) is 0 Å². The fourth-order valence-corrected chi connectivity index (χ4v) is 2.44. The number of aromatic hydroxyl groups is 1. The van der Waals surface area contributed by atoms with Crippen LogP contribution in [0.1, 0.15) is 28.4 Å². The molecule has 0 unspecified atom stereocenters. The first-order valence-corrected chi connectivity index (χ1v) is 7.88. The number of carbonyl (C=O) groups is 1. The van der Waals surface area contributed by atoms with Crippen LogP contribution in [0.3, 0.4) is 0 Å². The van der Waals surface area contributed by atoms with Crippen LogP contribution in [0.5, 0.6) is 23.0 Å². The van der Waals surface area contributed by atoms with E-state index in [-0.39, 0.29) is 11.5 Å². The van der Waals surface area contributed by atoms with Crippen molar-refractivity contribution in [1.29, 1.82) is 0 Å². The van der Waals surface area contributed by atoms with Gasteiger partial charge in [-0.3, -0.25) is 4.79 Å². The predicted molar refractivity (Wildman–Crippen MR) is 96.9 cm³/mol. The Morgan fingerprint density at radius 3 is 2.16 bits per heavy atom. The van der Waals surface area contributed by atoms with Crippen molar-refractivity contribution < 1.29 is 24.1 Å². The highest BCUT2D eigenvalue weighted by atomic mass is 16.5. The summed E-state index contributed by atoms with van der Waals surface area (Å²) in [6.07, 6.45) is 3.82. The Balaban J connectivity index is 2.31. The highest BCUT2D eigenvalue weighted by Crippen LogP contribution is 2.38. The number of carbonyl (C=O) groups excluding carboxylic acids is 1. The molecule has 0 aliphatic rings. The summed E-state index contributed by atoms with van der Waals surface area (Å²) >= 11 is 0. The van der Waals surface area contributed by atoms with Crippen LogP contribution in [0.25, 0.3) is 6.08 Å². The van der Waals surface area contributed by atoms with E-state index in [0.717, 1.165) is 12.0 Å². The van der Waals surface area contributed by atoms with Crippen LogP contribution in [-0.4, -0.2) is 32.2 Å². The third kappa shape index (κ3) is 4.12. The summed E-state index contributed by atoms with van der Waals surface area (Å²) in [5, 5.41) is 10.0. The lowest BCUT2D eigenvalue weighted by molar-refractivity contribution is 0.104. The quantitative estimate of drug-likeness (QED) is 0.611. The van der Waals surface area contributed by atoms with Gasteiger partial charge in [0.15, 0.2) is 17.3 Å². The molecule has 2 aromatic rings. The molecule has 0 aliphatic carbocycles. The molecule has 5 heteroatoms. The van der Waals surface area contributed by atoms with Gasteiger partial charge in [0, 0.05) is 11.1 Å². The van der Waals surface area contributed by atoms with Gasteiger partial charge in [0.1, 0.15) is 5.75 Å². The molecular formula is C20H22O5. The minimum Gasteiger partial charge on any atom is -0.507 e. The minimum absolute atomic E-state index is 0.147. The molecule has 0 saturated carbocycles. The highest BCUT2D eigenvalue weighted by Gasteiger charge is 2.15. The van der Waals surface area contributed by atoms with E-state index < -0.39 is 0 Å². The van der Waals surface area contributed by atoms with Crippen molar-refractivity contribution in [3.63, 3.8) is 0 Å². The first kappa shape index (κ1) is 18.4. The minimum atomic E-state index is -0.238. The lowest BCUT2D eigenvalue weighted by Crippen LogP contribution is -2.00. The van der Waals surface area contributed by atoms with E-state index in [9.17, 15) is 9.90 Å². The van der Waals surface area contributed by atoms with Gasteiger partial charge in [-0.05, 0) is 42.3 Å². The highest BCUT2D eigenvalue weighted by molar-refractivity contribution is 6.07. The van der Waals surface area contributed by atoms with Gasteiger partial charge in [-0.15, -0.1) is 0 Å². The molecule has 0 aliphatic heterocycles. The lowest BCUT2D eigenvalue weighted by Gasteiger charge is -2.13. The first-order chi connectivity index (χ1) is 12.0. The summed E-state index contributed by atoms with van der Waals surface area (Å²) in [5.41, 5.74) is 2.01. The molecule has 0 atom stereocenters. The number of benzene rings is 2. The van der Waals surface area contributed by atoms with Gasteiger partial charge in [0.25, 0.3) is 0 Å². The maximum absolute atomic E-state index is 12.5. The molecule has 1 N–H and O–H groups in total. The fraction of sp³-hybridized carbons (Fsp3) is 0.250. The summed E-state index contributed by atoms with van der Waals surface area (Å²) in [5.74, 6) is 1.16. The van der Waals surface area contributed by atoms with E-state index in [1.165, 1.54) is 27.4 Å². The molecule has 5 nitrogen and oxygen atoms in total. The summed E-state index contributed by atoms with van der Waals surface area (Å²) in [4.78, 5) is 12.5. The molecule has 0 saturated heterocycles. The molecule has 2 aromatic carbocycles. The molecule has 0 heterocycles. The van der Waals surface area contributed by atoms with E-state index in [1.807, 2.05) is 13.0 Å². The van der Waals surface area contributed by atoms with Crippen molar-refractivity contribution >= 4 is 11.9 Å². The Kier molecular flexibility index (Phi) is 6.06.